The first-order chi connectivity index (χ1) is 9.87. The molecular weight excluding hydrogens is 263 g/mol. The summed E-state index contributed by atoms with van der Waals surface area (Å²) < 4.78 is 11.8. The molecule has 0 aromatic carbocycles. The molecule has 0 atom stereocenters. The smallest absolute Gasteiger partial charge is 0.400 e. The molecule has 3 rings (SSSR count). The van der Waals surface area contributed by atoms with Crippen LogP contribution in [-0.4, -0.2) is 28.3 Å². The summed E-state index contributed by atoms with van der Waals surface area (Å²) in [7, 11) is -0.346. The van der Waals surface area contributed by atoms with Crippen LogP contribution in [0, 0.1) is 0 Å². The van der Waals surface area contributed by atoms with Crippen molar-refractivity contribution >= 4 is 24.2 Å². The lowest BCUT2D eigenvalue weighted by Gasteiger charge is -2.32. The van der Waals surface area contributed by atoms with Crippen molar-refractivity contribution in [3.63, 3.8) is 0 Å². The zero-order valence-corrected chi connectivity index (χ0v) is 12.8. The molecule has 1 fully saturated rings. The average Bonchev–Trinajstić information content (AvgIpc) is 2.64. The van der Waals surface area contributed by atoms with Crippen molar-refractivity contribution in [3.05, 3.63) is 42.1 Å². The second-order valence-corrected chi connectivity index (χ2v) is 6.26. The first kappa shape index (κ1) is 14.2. The van der Waals surface area contributed by atoms with E-state index in [1.54, 1.807) is 6.20 Å². The SMILES string of the molecule is CC1(C)OB(/C=C/c2ccc3ncccc3n2)OC1(C)C. The molecule has 0 aliphatic carbocycles. The number of pyridine rings is 2. The Morgan fingerprint density at radius 2 is 1.71 bits per heavy atom. The monoisotopic (exact) mass is 282 g/mol. The van der Waals surface area contributed by atoms with Gasteiger partial charge in [-0.2, -0.15) is 0 Å². The first-order valence-electron chi connectivity index (χ1n) is 7.13. The molecule has 0 N–H and O–H groups in total. The molecule has 0 spiro atoms. The summed E-state index contributed by atoms with van der Waals surface area (Å²) >= 11 is 0. The van der Waals surface area contributed by atoms with Gasteiger partial charge in [-0.15, -0.1) is 0 Å². The second kappa shape index (κ2) is 4.93. The predicted molar refractivity (Wildman–Crippen MR) is 84.7 cm³/mol. The molecule has 1 aliphatic heterocycles. The van der Waals surface area contributed by atoms with E-state index in [9.17, 15) is 0 Å². The normalized spacial score (nSPS) is 20.5. The fourth-order valence-corrected chi connectivity index (χ4v) is 2.21. The van der Waals surface area contributed by atoms with E-state index in [1.165, 1.54) is 0 Å². The number of fused-ring (bicyclic) bond motifs is 1. The third-order valence-corrected chi connectivity index (χ3v) is 4.17. The van der Waals surface area contributed by atoms with Crippen molar-refractivity contribution < 1.29 is 9.31 Å². The van der Waals surface area contributed by atoms with Gasteiger partial charge in [0.25, 0.3) is 0 Å². The largest absolute Gasteiger partial charge is 0.487 e. The molecule has 2 aromatic heterocycles. The van der Waals surface area contributed by atoms with Crippen LogP contribution in [-0.2, 0) is 9.31 Å². The maximum Gasteiger partial charge on any atom is 0.487 e. The van der Waals surface area contributed by atoms with E-state index in [0.717, 1.165) is 16.7 Å². The Morgan fingerprint density at radius 1 is 1.00 bits per heavy atom. The molecular formula is C16H19BN2O2. The van der Waals surface area contributed by atoms with Gasteiger partial charge in [0, 0.05) is 6.20 Å². The van der Waals surface area contributed by atoms with E-state index in [0.29, 0.717) is 0 Å². The van der Waals surface area contributed by atoms with Crippen LogP contribution >= 0.6 is 0 Å². The topological polar surface area (TPSA) is 44.2 Å². The van der Waals surface area contributed by atoms with E-state index < -0.39 is 0 Å². The Balaban J connectivity index is 1.79. The van der Waals surface area contributed by atoms with E-state index in [4.69, 9.17) is 9.31 Å². The predicted octanol–water partition coefficient (Wildman–Crippen LogP) is 3.27. The summed E-state index contributed by atoms with van der Waals surface area (Å²) in [6.07, 6.45) is 3.69. The Labute approximate surface area is 125 Å². The van der Waals surface area contributed by atoms with E-state index in [1.807, 2.05) is 64.0 Å². The summed E-state index contributed by atoms with van der Waals surface area (Å²) in [4.78, 5) is 8.81. The van der Waals surface area contributed by atoms with Gasteiger partial charge >= 0.3 is 7.12 Å². The molecule has 0 radical (unpaired) electrons. The lowest BCUT2D eigenvalue weighted by atomic mass is 9.89. The summed E-state index contributed by atoms with van der Waals surface area (Å²) in [6, 6.07) is 7.74. The zero-order valence-electron chi connectivity index (χ0n) is 12.8. The van der Waals surface area contributed by atoms with Crippen LogP contribution in [0.25, 0.3) is 17.1 Å². The maximum absolute atomic E-state index is 5.92. The minimum atomic E-state index is -0.346. The number of rotatable bonds is 2. The lowest BCUT2D eigenvalue weighted by molar-refractivity contribution is 0.00578. The van der Waals surface area contributed by atoms with Gasteiger partial charge in [0.05, 0.1) is 27.9 Å². The minimum Gasteiger partial charge on any atom is -0.400 e. The van der Waals surface area contributed by atoms with Gasteiger partial charge in [-0.3, -0.25) is 4.98 Å². The fraction of sp³-hybridized carbons (Fsp3) is 0.375. The van der Waals surface area contributed by atoms with Crippen molar-refractivity contribution in [2.75, 3.05) is 0 Å². The molecule has 5 heteroatoms. The van der Waals surface area contributed by atoms with Crippen molar-refractivity contribution in [2.45, 2.75) is 38.9 Å². The molecule has 21 heavy (non-hydrogen) atoms. The fourth-order valence-electron chi connectivity index (χ4n) is 2.21. The quantitative estimate of drug-likeness (QED) is 0.793. The summed E-state index contributed by atoms with van der Waals surface area (Å²) in [5.41, 5.74) is 2.01. The molecule has 108 valence electrons. The third kappa shape index (κ3) is 2.71. The molecule has 1 saturated heterocycles. The Kier molecular flexibility index (Phi) is 3.34. The van der Waals surface area contributed by atoms with Gasteiger partial charge in [0.1, 0.15) is 0 Å². The minimum absolute atomic E-state index is 0.317. The molecule has 2 aromatic rings. The summed E-state index contributed by atoms with van der Waals surface area (Å²) in [6.45, 7) is 8.17. The highest BCUT2D eigenvalue weighted by Gasteiger charge is 2.49. The molecule has 0 amide bonds. The van der Waals surface area contributed by atoms with Gasteiger partial charge < -0.3 is 9.31 Å². The molecule has 3 heterocycles. The van der Waals surface area contributed by atoms with Gasteiger partial charge in [-0.1, -0.05) is 5.98 Å². The highest BCUT2D eigenvalue weighted by Crippen LogP contribution is 2.36. The van der Waals surface area contributed by atoms with Gasteiger partial charge in [-0.05, 0) is 58.0 Å². The Morgan fingerprint density at radius 3 is 2.43 bits per heavy atom. The van der Waals surface area contributed by atoms with Crippen LogP contribution in [0.1, 0.15) is 33.4 Å². The van der Waals surface area contributed by atoms with Crippen LogP contribution in [0.15, 0.2) is 36.4 Å². The summed E-state index contributed by atoms with van der Waals surface area (Å²) in [5.74, 6) is 1.90. The second-order valence-electron chi connectivity index (χ2n) is 6.26. The molecule has 1 aliphatic rings. The zero-order chi connectivity index (χ0) is 15.1. The van der Waals surface area contributed by atoms with Crippen LogP contribution in [0.2, 0.25) is 0 Å². The van der Waals surface area contributed by atoms with E-state index >= 15 is 0 Å². The maximum atomic E-state index is 5.92. The number of hydrogen-bond donors (Lipinski definition) is 0. The average molecular weight is 282 g/mol. The molecule has 0 unspecified atom stereocenters. The van der Waals surface area contributed by atoms with Crippen molar-refractivity contribution in [3.8, 4) is 0 Å². The van der Waals surface area contributed by atoms with Gasteiger partial charge in [0.2, 0.25) is 0 Å². The Bertz CT molecular complexity index is 681. The summed E-state index contributed by atoms with van der Waals surface area (Å²) in [5, 5.41) is 0. The molecule has 0 saturated carbocycles. The van der Waals surface area contributed by atoms with Gasteiger partial charge in [-0.25, -0.2) is 4.98 Å². The number of nitrogens with zero attached hydrogens (tertiary/aromatic N) is 2. The van der Waals surface area contributed by atoms with Crippen molar-refractivity contribution in [2.24, 2.45) is 0 Å². The van der Waals surface area contributed by atoms with E-state index in [-0.39, 0.29) is 18.3 Å². The number of hydrogen-bond acceptors (Lipinski definition) is 4. The highest BCUT2D eigenvalue weighted by molar-refractivity contribution is 6.52. The third-order valence-electron chi connectivity index (χ3n) is 4.17. The molecule has 4 nitrogen and oxygen atoms in total. The highest BCUT2D eigenvalue weighted by atomic mass is 16.7. The van der Waals surface area contributed by atoms with Crippen molar-refractivity contribution in [1.29, 1.82) is 0 Å². The standard InChI is InChI=1S/C16H19BN2O2/c1-15(2)16(3,4)21-17(20-15)10-9-12-7-8-13-14(19-12)6-5-11-18-13/h5-11H,1-4H3/b10-9+. The Hall–Kier alpha value is -1.72. The van der Waals surface area contributed by atoms with Gasteiger partial charge in [0.15, 0.2) is 0 Å². The lowest BCUT2D eigenvalue weighted by Crippen LogP contribution is -2.41. The number of aromatic nitrogens is 2. The van der Waals surface area contributed by atoms with Crippen molar-refractivity contribution in [1.82, 2.24) is 9.97 Å². The van der Waals surface area contributed by atoms with Crippen LogP contribution in [0.5, 0.6) is 0 Å². The first-order valence-corrected chi connectivity index (χ1v) is 7.13. The molecule has 0 bridgehead atoms. The van der Waals surface area contributed by atoms with E-state index in [2.05, 4.69) is 9.97 Å². The van der Waals surface area contributed by atoms with Crippen LogP contribution in [0.4, 0.5) is 0 Å². The van der Waals surface area contributed by atoms with Crippen LogP contribution in [0.3, 0.4) is 0 Å². The van der Waals surface area contributed by atoms with Crippen LogP contribution < -0.4 is 0 Å².